The number of hydrogen-bond acceptors (Lipinski definition) is 3. The van der Waals surface area contributed by atoms with Gasteiger partial charge < -0.3 is 0 Å². The Morgan fingerprint density at radius 3 is 1.57 bits per heavy atom. The lowest BCUT2D eigenvalue weighted by molar-refractivity contribution is 1.07. The molecule has 4 heteroatoms. The molecule has 3 aromatic carbocycles. The molecule has 0 amide bonds. The Hall–Kier alpha value is -2.85. The molecule has 4 aromatic rings. The van der Waals surface area contributed by atoms with E-state index in [0.717, 1.165) is 21.2 Å². The first kappa shape index (κ1) is 18.5. The van der Waals surface area contributed by atoms with Gasteiger partial charge in [-0.3, -0.25) is 0 Å². The van der Waals surface area contributed by atoms with Crippen molar-refractivity contribution in [2.75, 3.05) is 0 Å². The van der Waals surface area contributed by atoms with Crippen LogP contribution < -0.4 is 0 Å². The fraction of sp³-hybridized carbons (Fsp3) is 0.125. The average Bonchev–Trinajstić information content (AvgIpc) is 2.75. The molecule has 0 spiro atoms. The van der Waals surface area contributed by atoms with E-state index in [1.807, 2.05) is 60.7 Å². The van der Waals surface area contributed by atoms with Gasteiger partial charge in [-0.2, -0.15) is 0 Å². The second-order valence-corrected chi connectivity index (χ2v) is 7.64. The molecule has 4 rings (SSSR count). The summed E-state index contributed by atoms with van der Waals surface area (Å²) in [6.45, 7) is 6.33. The van der Waals surface area contributed by atoms with Crippen molar-refractivity contribution in [3.8, 4) is 34.2 Å². The standard InChI is InChI=1S/C24H20BrN3/c1-15-14-20(16(2)17(3)21(15)25)24-27-22(18-10-6-4-7-11-18)26-23(28-24)19-12-8-5-9-13-19/h4-14H,1-3H3. The molecule has 0 aliphatic carbocycles. The van der Waals surface area contributed by atoms with Crippen LogP contribution in [-0.4, -0.2) is 15.0 Å². The van der Waals surface area contributed by atoms with Gasteiger partial charge in [0.25, 0.3) is 0 Å². The third-order valence-electron chi connectivity index (χ3n) is 4.94. The summed E-state index contributed by atoms with van der Waals surface area (Å²) in [4.78, 5) is 14.4. The summed E-state index contributed by atoms with van der Waals surface area (Å²) in [6.07, 6.45) is 0. The van der Waals surface area contributed by atoms with Crippen molar-refractivity contribution in [2.24, 2.45) is 0 Å². The Balaban J connectivity index is 1.98. The molecule has 0 aliphatic rings. The molecule has 0 saturated heterocycles. The quantitative estimate of drug-likeness (QED) is 0.370. The Labute approximate surface area is 173 Å². The van der Waals surface area contributed by atoms with Gasteiger partial charge in [-0.1, -0.05) is 76.6 Å². The third kappa shape index (κ3) is 3.48. The van der Waals surface area contributed by atoms with Crippen LogP contribution in [0.4, 0.5) is 0 Å². The van der Waals surface area contributed by atoms with E-state index in [1.165, 1.54) is 16.7 Å². The zero-order valence-electron chi connectivity index (χ0n) is 16.1. The van der Waals surface area contributed by atoms with Gasteiger partial charge in [0.1, 0.15) is 0 Å². The molecule has 0 atom stereocenters. The average molecular weight is 430 g/mol. The van der Waals surface area contributed by atoms with E-state index in [0.29, 0.717) is 17.5 Å². The van der Waals surface area contributed by atoms with Crippen LogP contribution in [0.1, 0.15) is 16.7 Å². The van der Waals surface area contributed by atoms with Crippen molar-refractivity contribution in [3.63, 3.8) is 0 Å². The number of hydrogen-bond donors (Lipinski definition) is 0. The van der Waals surface area contributed by atoms with Gasteiger partial charge in [-0.05, 0) is 43.5 Å². The van der Waals surface area contributed by atoms with Crippen LogP contribution in [0.3, 0.4) is 0 Å². The van der Waals surface area contributed by atoms with Crippen LogP contribution in [0.25, 0.3) is 34.2 Å². The minimum atomic E-state index is 0.682. The van der Waals surface area contributed by atoms with E-state index < -0.39 is 0 Å². The number of nitrogens with zero attached hydrogens (tertiary/aromatic N) is 3. The predicted molar refractivity (Wildman–Crippen MR) is 118 cm³/mol. The molecule has 28 heavy (non-hydrogen) atoms. The zero-order chi connectivity index (χ0) is 19.7. The number of rotatable bonds is 3. The first-order chi connectivity index (χ1) is 13.5. The van der Waals surface area contributed by atoms with E-state index >= 15 is 0 Å². The number of aromatic nitrogens is 3. The van der Waals surface area contributed by atoms with Gasteiger partial charge in [-0.15, -0.1) is 0 Å². The first-order valence-corrected chi connectivity index (χ1v) is 9.97. The summed E-state index contributed by atoms with van der Waals surface area (Å²) in [5, 5.41) is 0. The molecule has 0 aliphatic heterocycles. The minimum absolute atomic E-state index is 0.682. The van der Waals surface area contributed by atoms with E-state index in [2.05, 4.69) is 42.8 Å². The van der Waals surface area contributed by atoms with Crippen LogP contribution in [0.15, 0.2) is 71.2 Å². The number of halogens is 1. The molecular weight excluding hydrogens is 410 g/mol. The van der Waals surface area contributed by atoms with Gasteiger partial charge in [0.15, 0.2) is 17.5 Å². The molecule has 0 radical (unpaired) electrons. The predicted octanol–water partition coefficient (Wildman–Crippen LogP) is 6.56. The normalized spacial score (nSPS) is 10.9. The fourth-order valence-corrected chi connectivity index (χ4v) is 3.62. The minimum Gasteiger partial charge on any atom is -0.208 e. The summed E-state index contributed by atoms with van der Waals surface area (Å²) in [7, 11) is 0. The summed E-state index contributed by atoms with van der Waals surface area (Å²) in [5.41, 5.74) is 6.54. The van der Waals surface area contributed by atoms with E-state index in [9.17, 15) is 0 Å². The lowest BCUT2D eigenvalue weighted by atomic mass is 9.99. The van der Waals surface area contributed by atoms with Gasteiger partial charge in [-0.25, -0.2) is 15.0 Å². The molecule has 3 nitrogen and oxygen atoms in total. The molecule has 1 aromatic heterocycles. The third-order valence-corrected chi connectivity index (χ3v) is 6.16. The van der Waals surface area contributed by atoms with Gasteiger partial charge in [0, 0.05) is 21.2 Å². The Bertz CT molecular complexity index is 1080. The smallest absolute Gasteiger partial charge is 0.164 e. The summed E-state index contributed by atoms with van der Waals surface area (Å²) >= 11 is 3.69. The largest absolute Gasteiger partial charge is 0.208 e. The molecule has 1 heterocycles. The highest BCUT2D eigenvalue weighted by Crippen LogP contribution is 2.33. The lowest BCUT2D eigenvalue weighted by Crippen LogP contribution is -2.02. The van der Waals surface area contributed by atoms with Crippen molar-refractivity contribution >= 4 is 15.9 Å². The van der Waals surface area contributed by atoms with Crippen LogP contribution in [0.5, 0.6) is 0 Å². The van der Waals surface area contributed by atoms with Crippen molar-refractivity contribution in [1.29, 1.82) is 0 Å². The summed E-state index contributed by atoms with van der Waals surface area (Å²) in [5.74, 6) is 2.06. The molecule has 0 bridgehead atoms. The van der Waals surface area contributed by atoms with Gasteiger partial charge in [0.2, 0.25) is 0 Å². The number of aryl methyl sites for hydroxylation is 1. The maximum Gasteiger partial charge on any atom is 0.164 e. The highest BCUT2D eigenvalue weighted by Gasteiger charge is 2.16. The van der Waals surface area contributed by atoms with Crippen LogP contribution in [0, 0.1) is 20.8 Å². The highest BCUT2D eigenvalue weighted by atomic mass is 79.9. The fourth-order valence-electron chi connectivity index (χ4n) is 3.21. The zero-order valence-corrected chi connectivity index (χ0v) is 17.7. The molecule has 0 unspecified atom stereocenters. The Morgan fingerprint density at radius 1 is 0.607 bits per heavy atom. The van der Waals surface area contributed by atoms with Crippen LogP contribution in [-0.2, 0) is 0 Å². The van der Waals surface area contributed by atoms with E-state index in [-0.39, 0.29) is 0 Å². The highest BCUT2D eigenvalue weighted by molar-refractivity contribution is 9.10. The second-order valence-electron chi connectivity index (χ2n) is 6.84. The van der Waals surface area contributed by atoms with Crippen LogP contribution in [0.2, 0.25) is 0 Å². The maximum absolute atomic E-state index is 4.83. The molecule has 0 saturated carbocycles. The first-order valence-electron chi connectivity index (χ1n) is 9.18. The summed E-state index contributed by atoms with van der Waals surface area (Å²) < 4.78 is 1.13. The lowest BCUT2D eigenvalue weighted by Gasteiger charge is -2.14. The molecular formula is C24H20BrN3. The monoisotopic (exact) mass is 429 g/mol. The van der Waals surface area contributed by atoms with Gasteiger partial charge in [0.05, 0.1) is 0 Å². The SMILES string of the molecule is Cc1cc(-c2nc(-c3ccccc3)nc(-c3ccccc3)n2)c(C)c(C)c1Br. The van der Waals surface area contributed by atoms with E-state index in [1.54, 1.807) is 0 Å². The van der Waals surface area contributed by atoms with Crippen molar-refractivity contribution in [1.82, 2.24) is 15.0 Å². The number of benzene rings is 3. The Morgan fingerprint density at radius 2 is 1.07 bits per heavy atom. The second kappa shape index (κ2) is 7.64. The topological polar surface area (TPSA) is 38.7 Å². The summed E-state index contributed by atoms with van der Waals surface area (Å²) in [6, 6.07) is 22.2. The molecule has 0 N–H and O–H groups in total. The van der Waals surface area contributed by atoms with Crippen molar-refractivity contribution in [2.45, 2.75) is 20.8 Å². The Kier molecular flexibility index (Phi) is 5.05. The van der Waals surface area contributed by atoms with Crippen molar-refractivity contribution < 1.29 is 0 Å². The van der Waals surface area contributed by atoms with E-state index in [4.69, 9.17) is 15.0 Å². The van der Waals surface area contributed by atoms with Gasteiger partial charge >= 0.3 is 0 Å². The van der Waals surface area contributed by atoms with Crippen molar-refractivity contribution in [3.05, 3.63) is 87.9 Å². The maximum atomic E-state index is 4.83. The molecule has 138 valence electrons. The molecule has 0 fully saturated rings. The van der Waals surface area contributed by atoms with Crippen LogP contribution >= 0.6 is 15.9 Å².